The number of carbonyl (C=O) groups excluding carboxylic acids is 2. The van der Waals surface area contributed by atoms with Crippen LogP contribution in [0.5, 0.6) is 0 Å². The molecule has 7 heteroatoms. The lowest BCUT2D eigenvalue weighted by Crippen LogP contribution is -3.27. The lowest BCUT2D eigenvalue weighted by atomic mass is 10.1. The molecule has 2 aromatic carbocycles. The van der Waals surface area contributed by atoms with Gasteiger partial charge in [-0.3, -0.25) is 20.4 Å². The molecule has 0 aromatic heterocycles. The molecule has 0 spiro atoms. The summed E-state index contributed by atoms with van der Waals surface area (Å²) in [4.78, 5) is 27.1. The second-order valence-corrected chi connectivity index (χ2v) is 7.93. The van der Waals surface area contributed by atoms with Crippen molar-refractivity contribution in [3.63, 3.8) is 0 Å². The molecule has 1 fully saturated rings. The molecule has 154 valence electrons. The molecule has 2 amide bonds. The minimum Gasteiger partial charge on any atom is -0.325 e. The molecule has 0 atom stereocenters. The second-order valence-electron chi connectivity index (χ2n) is 7.53. The average Bonchev–Trinajstić information content (AvgIpc) is 2.74. The van der Waals surface area contributed by atoms with Crippen LogP contribution in [0, 0.1) is 0 Å². The van der Waals surface area contributed by atoms with Gasteiger partial charge >= 0.3 is 0 Å². The van der Waals surface area contributed by atoms with Gasteiger partial charge in [-0.15, -0.1) is 0 Å². The Kier molecular flexibility index (Phi) is 8.04. The summed E-state index contributed by atoms with van der Waals surface area (Å²) >= 11 is 6.05. The van der Waals surface area contributed by atoms with Crippen LogP contribution in [-0.4, -0.2) is 44.5 Å². The molecule has 3 rings (SSSR count). The van der Waals surface area contributed by atoms with E-state index in [9.17, 15) is 9.59 Å². The molecule has 6 nitrogen and oxygen atoms in total. The zero-order chi connectivity index (χ0) is 20.5. The Morgan fingerprint density at radius 1 is 0.828 bits per heavy atom. The van der Waals surface area contributed by atoms with Gasteiger partial charge < -0.3 is 9.80 Å². The fourth-order valence-electron chi connectivity index (χ4n) is 3.62. The minimum atomic E-state index is -0.281. The molecule has 0 bridgehead atoms. The van der Waals surface area contributed by atoms with E-state index in [2.05, 4.69) is 35.1 Å². The number of halogens is 1. The first-order valence-electron chi connectivity index (χ1n) is 10.1. The Morgan fingerprint density at radius 3 is 2.17 bits per heavy atom. The van der Waals surface area contributed by atoms with E-state index in [4.69, 9.17) is 11.6 Å². The maximum absolute atomic E-state index is 12.0. The predicted octanol–water partition coefficient (Wildman–Crippen LogP) is -0.596. The quantitative estimate of drug-likeness (QED) is 0.456. The monoisotopic (exact) mass is 416 g/mol. The maximum Gasteiger partial charge on any atom is 0.244 e. The molecule has 0 unspecified atom stereocenters. The van der Waals surface area contributed by atoms with Gasteiger partial charge in [0.05, 0.1) is 19.4 Å². The number of hydrazine groups is 1. The highest BCUT2D eigenvalue weighted by molar-refractivity contribution is 6.31. The first kappa shape index (κ1) is 21.3. The van der Waals surface area contributed by atoms with Gasteiger partial charge in [0, 0.05) is 10.6 Å². The summed E-state index contributed by atoms with van der Waals surface area (Å²) < 4.78 is 0. The largest absolute Gasteiger partial charge is 0.325 e. The summed E-state index contributed by atoms with van der Waals surface area (Å²) in [5, 5.41) is 0.547. The van der Waals surface area contributed by atoms with Gasteiger partial charge in [0.15, 0.2) is 0 Å². The average molecular weight is 417 g/mol. The number of carbonyl (C=O) groups is 2. The summed E-state index contributed by atoms with van der Waals surface area (Å²) in [6.45, 7) is 6.19. The van der Waals surface area contributed by atoms with Crippen LogP contribution in [-0.2, 0) is 22.6 Å². The Morgan fingerprint density at radius 2 is 1.45 bits per heavy atom. The first-order chi connectivity index (χ1) is 14.1. The Labute approximate surface area is 176 Å². The Bertz CT molecular complexity index is 807. The fraction of sp³-hybridized carbons (Fsp3) is 0.364. The van der Waals surface area contributed by atoms with Crippen molar-refractivity contribution >= 4 is 23.4 Å². The Balaban J connectivity index is 1.30. The standard InChI is InChI=1S/C22H27ClN4O2/c23-20-9-5-4-8-19(20)16-22(29)25-24-21(28)10-11-26-12-14-27(15-13-26)17-18-6-2-1-3-7-18/h1-9H,10-17H2,(H,24,28)(H,25,29)/p+2. The number of piperazine rings is 1. The van der Waals surface area contributed by atoms with Crippen LogP contribution in [0.2, 0.25) is 5.02 Å². The molecular weight excluding hydrogens is 388 g/mol. The maximum atomic E-state index is 12.0. The van der Waals surface area contributed by atoms with Crippen LogP contribution in [0.15, 0.2) is 54.6 Å². The molecule has 1 aliphatic heterocycles. The third-order valence-corrected chi connectivity index (χ3v) is 5.69. The highest BCUT2D eigenvalue weighted by atomic mass is 35.5. The highest BCUT2D eigenvalue weighted by Crippen LogP contribution is 2.14. The number of quaternary nitrogens is 2. The molecule has 0 aliphatic carbocycles. The lowest BCUT2D eigenvalue weighted by molar-refractivity contribution is -1.02. The highest BCUT2D eigenvalue weighted by Gasteiger charge is 2.23. The SMILES string of the molecule is O=C(CC[NH+]1CC[NH+](Cc2ccccc2)CC1)NNC(=O)Cc1ccccc1Cl. The summed E-state index contributed by atoms with van der Waals surface area (Å²) in [5.74, 6) is -0.444. The van der Waals surface area contributed by atoms with Crippen LogP contribution in [0.4, 0.5) is 0 Å². The van der Waals surface area contributed by atoms with Crippen LogP contribution in [0.1, 0.15) is 17.5 Å². The van der Waals surface area contributed by atoms with Crippen molar-refractivity contribution in [1.82, 2.24) is 10.9 Å². The lowest BCUT2D eigenvalue weighted by Gasteiger charge is -2.29. The molecule has 2 aromatic rings. The minimum absolute atomic E-state index is 0.136. The predicted molar refractivity (Wildman–Crippen MR) is 112 cm³/mol. The van der Waals surface area contributed by atoms with Crippen molar-refractivity contribution in [1.29, 1.82) is 0 Å². The van der Waals surface area contributed by atoms with E-state index in [1.165, 1.54) is 10.5 Å². The van der Waals surface area contributed by atoms with E-state index in [0.717, 1.165) is 44.8 Å². The van der Waals surface area contributed by atoms with Gasteiger partial charge in [-0.25, -0.2) is 0 Å². The van der Waals surface area contributed by atoms with Gasteiger partial charge in [0.25, 0.3) is 0 Å². The van der Waals surface area contributed by atoms with Crippen molar-refractivity contribution in [3.8, 4) is 0 Å². The third kappa shape index (κ3) is 7.16. The number of hydrogen-bond donors (Lipinski definition) is 4. The molecule has 4 N–H and O–H groups in total. The number of rotatable bonds is 7. The van der Waals surface area contributed by atoms with E-state index in [-0.39, 0.29) is 18.2 Å². The summed E-state index contributed by atoms with van der Waals surface area (Å²) in [6.07, 6.45) is 0.535. The molecular formula is C22H29ClN4O2+2. The Hall–Kier alpha value is -2.41. The molecule has 29 heavy (non-hydrogen) atoms. The van der Waals surface area contributed by atoms with Crippen molar-refractivity contribution in [2.45, 2.75) is 19.4 Å². The van der Waals surface area contributed by atoms with Gasteiger partial charge in [0.1, 0.15) is 32.7 Å². The van der Waals surface area contributed by atoms with Gasteiger partial charge in [0.2, 0.25) is 11.8 Å². The summed E-state index contributed by atoms with van der Waals surface area (Å²) in [6, 6.07) is 17.8. The number of amides is 2. The van der Waals surface area contributed by atoms with Crippen LogP contribution >= 0.6 is 11.6 Å². The van der Waals surface area contributed by atoms with Crippen molar-refractivity contribution in [2.75, 3.05) is 32.7 Å². The van der Waals surface area contributed by atoms with Crippen LogP contribution in [0.25, 0.3) is 0 Å². The van der Waals surface area contributed by atoms with Crippen molar-refractivity contribution < 1.29 is 19.4 Å². The smallest absolute Gasteiger partial charge is 0.244 e. The first-order valence-corrected chi connectivity index (χ1v) is 10.5. The zero-order valence-electron chi connectivity index (χ0n) is 16.5. The fourth-order valence-corrected chi connectivity index (χ4v) is 3.82. The zero-order valence-corrected chi connectivity index (χ0v) is 17.3. The topological polar surface area (TPSA) is 67.1 Å². The molecule has 0 saturated carbocycles. The van der Waals surface area contributed by atoms with Crippen LogP contribution < -0.4 is 20.7 Å². The summed E-state index contributed by atoms with van der Waals surface area (Å²) in [7, 11) is 0. The molecule has 1 aliphatic rings. The van der Waals surface area contributed by atoms with Crippen molar-refractivity contribution in [3.05, 3.63) is 70.7 Å². The van der Waals surface area contributed by atoms with Gasteiger partial charge in [-0.1, -0.05) is 60.1 Å². The second kappa shape index (κ2) is 11.0. The number of nitrogens with one attached hydrogen (secondary N) is 4. The molecule has 1 heterocycles. The van der Waals surface area contributed by atoms with E-state index in [1.54, 1.807) is 17.0 Å². The molecule has 1 saturated heterocycles. The van der Waals surface area contributed by atoms with E-state index in [1.807, 2.05) is 18.2 Å². The van der Waals surface area contributed by atoms with E-state index in [0.29, 0.717) is 11.4 Å². The van der Waals surface area contributed by atoms with Crippen molar-refractivity contribution in [2.24, 2.45) is 0 Å². The number of benzene rings is 2. The van der Waals surface area contributed by atoms with E-state index >= 15 is 0 Å². The number of hydrogen-bond acceptors (Lipinski definition) is 2. The van der Waals surface area contributed by atoms with Gasteiger partial charge in [-0.05, 0) is 11.6 Å². The van der Waals surface area contributed by atoms with Gasteiger partial charge in [-0.2, -0.15) is 0 Å². The summed E-state index contributed by atoms with van der Waals surface area (Å²) in [5.41, 5.74) is 7.08. The van der Waals surface area contributed by atoms with E-state index < -0.39 is 0 Å². The van der Waals surface area contributed by atoms with Crippen LogP contribution in [0.3, 0.4) is 0 Å². The third-order valence-electron chi connectivity index (χ3n) is 5.32. The normalized spacial score (nSPS) is 18.8. The molecule has 0 radical (unpaired) electrons.